The van der Waals surface area contributed by atoms with E-state index in [2.05, 4.69) is 168 Å². The highest BCUT2D eigenvalue weighted by atomic mass is 16.3. The molecule has 0 spiro atoms. The first-order valence-electron chi connectivity index (χ1n) is 23.2. The summed E-state index contributed by atoms with van der Waals surface area (Å²) in [4.78, 5) is 15.8. The van der Waals surface area contributed by atoms with Crippen LogP contribution < -0.4 is 0 Å². The zero-order chi connectivity index (χ0) is 45.4. The van der Waals surface area contributed by atoms with Crippen LogP contribution in [0.3, 0.4) is 0 Å². The zero-order valence-corrected chi connectivity index (χ0v) is 37.0. The maximum absolute atomic E-state index is 6.88. The number of benzene rings is 10. The van der Waals surface area contributed by atoms with Gasteiger partial charge >= 0.3 is 0 Å². The van der Waals surface area contributed by atoms with Crippen molar-refractivity contribution in [2.24, 2.45) is 0 Å². The average molecular weight is 883 g/mol. The van der Waals surface area contributed by atoms with Crippen molar-refractivity contribution in [2.45, 2.75) is 0 Å². The van der Waals surface area contributed by atoms with Gasteiger partial charge in [-0.1, -0.05) is 176 Å². The van der Waals surface area contributed by atoms with Crippen molar-refractivity contribution in [2.75, 3.05) is 0 Å². The van der Waals surface area contributed by atoms with E-state index in [9.17, 15) is 0 Å². The molecular formula is C63H38N4O2. The summed E-state index contributed by atoms with van der Waals surface area (Å²) in [6.45, 7) is 0. The third kappa shape index (κ3) is 6.45. The van der Waals surface area contributed by atoms with E-state index in [-0.39, 0.29) is 0 Å². The predicted octanol–water partition coefficient (Wildman–Crippen LogP) is 16.8. The largest absolute Gasteiger partial charge is 0.456 e. The fourth-order valence-electron chi connectivity index (χ4n) is 10.2. The molecule has 322 valence electrons. The lowest BCUT2D eigenvalue weighted by Crippen LogP contribution is -2.01. The Morgan fingerprint density at radius 1 is 0.290 bits per heavy atom. The van der Waals surface area contributed by atoms with E-state index < -0.39 is 0 Å². The van der Waals surface area contributed by atoms with Crippen molar-refractivity contribution < 1.29 is 8.83 Å². The second-order valence-electron chi connectivity index (χ2n) is 17.5. The molecule has 4 heterocycles. The number of aromatic nitrogens is 4. The van der Waals surface area contributed by atoms with Crippen LogP contribution >= 0.6 is 0 Å². The van der Waals surface area contributed by atoms with Crippen molar-refractivity contribution in [3.05, 3.63) is 231 Å². The van der Waals surface area contributed by atoms with Crippen LogP contribution in [0.5, 0.6) is 0 Å². The molecule has 0 aliphatic carbocycles. The van der Waals surface area contributed by atoms with Gasteiger partial charge in [-0.15, -0.1) is 0 Å². The first-order chi connectivity index (χ1) is 34.2. The van der Waals surface area contributed by atoms with Gasteiger partial charge in [0.2, 0.25) is 0 Å². The standard InChI is InChI=1S/C63H38N4O2/c1-4-16-39(17-5-1)41-28-30-43(31-29-41)62-64-61(42-20-8-3-9-21-42)65-63(66-62)53-35-45(36-58-59(53)49-24-12-15-27-57(49)68-58)50-37-46(38-52-48-23-11-14-26-56(48)69-60(50)52)67-54-25-13-10-22-47(54)51-34-44(32-33-55(51)67)40-18-6-2-7-19-40/h1-38H. The predicted molar refractivity (Wildman–Crippen MR) is 281 cm³/mol. The van der Waals surface area contributed by atoms with Gasteiger partial charge in [-0.25, -0.2) is 15.0 Å². The van der Waals surface area contributed by atoms with E-state index >= 15 is 0 Å². The molecule has 0 aliphatic heterocycles. The molecule has 0 radical (unpaired) electrons. The summed E-state index contributed by atoms with van der Waals surface area (Å²) in [6.07, 6.45) is 0. The topological polar surface area (TPSA) is 69.9 Å². The lowest BCUT2D eigenvalue weighted by molar-refractivity contribution is 0.668. The van der Waals surface area contributed by atoms with Crippen LogP contribution in [0.2, 0.25) is 0 Å². The van der Waals surface area contributed by atoms with Gasteiger partial charge in [0.05, 0.1) is 11.0 Å². The lowest BCUT2D eigenvalue weighted by Gasteiger charge is -2.14. The van der Waals surface area contributed by atoms with Gasteiger partial charge in [-0.2, -0.15) is 0 Å². The van der Waals surface area contributed by atoms with Crippen molar-refractivity contribution in [1.29, 1.82) is 0 Å². The minimum atomic E-state index is 0.540. The Kier molecular flexibility index (Phi) is 8.79. The first-order valence-corrected chi connectivity index (χ1v) is 23.2. The van der Waals surface area contributed by atoms with Crippen molar-refractivity contribution >= 4 is 65.7 Å². The monoisotopic (exact) mass is 882 g/mol. The maximum Gasteiger partial charge on any atom is 0.164 e. The molecule has 14 rings (SSSR count). The lowest BCUT2D eigenvalue weighted by atomic mass is 9.96. The molecule has 4 aromatic heterocycles. The second-order valence-corrected chi connectivity index (χ2v) is 17.5. The summed E-state index contributed by atoms with van der Waals surface area (Å²) in [6, 6.07) is 80.4. The van der Waals surface area contributed by atoms with Crippen LogP contribution in [-0.4, -0.2) is 19.5 Å². The van der Waals surface area contributed by atoms with Crippen LogP contribution in [0, 0.1) is 0 Å². The van der Waals surface area contributed by atoms with Gasteiger partial charge in [0.1, 0.15) is 22.3 Å². The molecule has 6 heteroatoms. The Labute approximate surface area is 396 Å². The number of nitrogens with zero attached hydrogens (tertiary/aromatic N) is 4. The fourth-order valence-corrected chi connectivity index (χ4v) is 10.2. The summed E-state index contributed by atoms with van der Waals surface area (Å²) < 4.78 is 16.1. The molecule has 0 saturated carbocycles. The number of hydrogen-bond donors (Lipinski definition) is 0. The second kappa shape index (κ2) is 15.6. The quantitative estimate of drug-likeness (QED) is 0.159. The Bertz CT molecular complexity index is 4290. The molecule has 0 N–H and O–H groups in total. The van der Waals surface area contributed by atoms with Crippen molar-refractivity contribution in [3.63, 3.8) is 0 Å². The molecule has 6 nitrogen and oxygen atoms in total. The van der Waals surface area contributed by atoms with Gasteiger partial charge in [0.25, 0.3) is 0 Å². The third-order valence-electron chi connectivity index (χ3n) is 13.4. The van der Waals surface area contributed by atoms with Gasteiger partial charge in [0.15, 0.2) is 17.5 Å². The SMILES string of the molecule is c1ccc(-c2ccc(-c3nc(-c4ccccc4)nc(-c4cc(-c5cc(-n6c7ccccc7c7cc(-c8ccccc8)ccc76)cc6c5oc5ccccc56)cc5oc6ccccc6c45)n3)cc2)cc1. The highest BCUT2D eigenvalue weighted by Gasteiger charge is 2.24. The molecule has 14 aromatic rings. The number of para-hydroxylation sites is 3. The molecular weight excluding hydrogens is 845 g/mol. The highest BCUT2D eigenvalue weighted by Crippen LogP contribution is 2.45. The summed E-state index contributed by atoms with van der Waals surface area (Å²) in [5.74, 6) is 1.70. The number of hydrogen-bond acceptors (Lipinski definition) is 5. The zero-order valence-electron chi connectivity index (χ0n) is 37.0. The van der Waals surface area contributed by atoms with Crippen LogP contribution in [0.1, 0.15) is 0 Å². The van der Waals surface area contributed by atoms with Crippen LogP contribution in [0.15, 0.2) is 239 Å². The summed E-state index contributed by atoms with van der Waals surface area (Å²) in [5.41, 5.74) is 15.4. The molecule has 69 heavy (non-hydrogen) atoms. The average Bonchev–Trinajstić information content (AvgIpc) is 4.10. The van der Waals surface area contributed by atoms with E-state index in [1.54, 1.807) is 0 Å². The van der Waals surface area contributed by atoms with Gasteiger partial charge in [-0.05, 0) is 82.4 Å². The molecule has 0 fully saturated rings. The Morgan fingerprint density at radius 2 is 0.812 bits per heavy atom. The fraction of sp³-hybridized carbons (Fsp3) is 0. The van der Waals surface area contributed by atoms with Crippen LogP contribution in [-0.2, 0) is 0 Å². The number of furan rings is 2. The van der Waals surface area contributed by atoms with E-state index in [1.165, 1.54) is 21.9 Å². The number of rotatable bonds is 7. The first kappa shape index (κ1) is 38.8. The van der Waals surface area contributed by atoms with Crippen molar-refractivity contribution in [1.82, 2.24) is 19.5 Å². The Morgan fingerprint density at radius 3 is 1.54 bits per heavy atom. The number of fused-ring (bicyclic) bond motifs is 9. The molecule has 10 aromatic carbocycles. The van der Waals surface area contributed by atoms with E-state index in [0.29, 0.717) is 17.5 Å². The smallest absolute Gasteiger partial charge is 0.164 e. The summed E-state index contributed by atoms with van der Waals surface area (Å²) in [5, 5.41) is 6.34. The van der Waals surface area contributed by atoms with Crippen LogP contribution in [0.4, 0.5) is 0 Å². The van der Waals surface area contributed by atoms with Gasteiger partial charge in [-0.3, -0.25) is 0 Å². The molecule has 0 amide bonds. The van der Waals surface area contributed by atoms with Gasteiger partial charge < -0.3 is 13.4 Å². The molecule has 0 saturated heterocycles. The Balaban J connectivity index is 1.03. The van der Waals surface area contributed by atoms with Crippen molar-refractivity contribution in [3.8, 4) is 73.2 Å². The molecule has 0 aliphatic rings. The Hall–Kier alpha value is -9.39. The molecule has 0 bridgehead atoms. The minimum Gasteiger partial charge on any atom is -0.456 e. The molecule has 0 unspecified atom stereocenters. The normalized spacial score (nSPS) is 11.8. The van der Waals surface area contributed by atoms with E-state index in [0.717, 1.165) is 99.5 Å². The van der Waals surface area contributed by atoms with Crippen LogP contribution in [0.25, 0.3) is 139 Å². The summed E-state index contributed by atoms with van der Waals surface area (Å²) >= 11 is 0. The third-order valence-corrected chi connectivity index (χ3v) is 13.4. The highest BCUT2D eigenvalue weighted by molar-refractivity contribution is 6.16. The summed E-state index contributed by atoms with van der Waals surface area (Å²) in [7, 11) is 0. The van der Waals surface area contributed by atoms with E-state index in [1.807, 2.05) is 66.7 Å². The molecule has 0 atom stereocenters. The maximum atomic E-state index is 6.88. The van der Waals surface area contributed by atoms with E-state index in [4.69, 9.17) is 23.8 Å². The van der Waals surface area contributed by atoms with Gasteiger partial charge in [0, 0.05) is 60.3 Å². The minimum absolute atomic E-state index is 0.540.